The van der Waals surface area contributed by atoms with Crippen molar-refractivity contribution in [1.29, 1.82) is 0 Å². The van der Waals surface area contributed by atoms with Gasteiger partial charge in [0.15, 0.2) is 0 Å². The molecule has 6 nitrogen and oxygen atoms in total. The van der Waals surface area contributed by atoms with Gasteiger partial charge in [0.05, 0.1) is 0 Å². The summed E-state index contributed by atoms with van der Waals surface area (Å²) in [5.41, 5.74) is 0. The van der Waals surface area contributed by atoms with Crippen molar-refractivity contribution in [3.05, 3.63) is 0 Å². The SMILES string of the molecule is O=C(CBr)OC1CC(OC(=O)CBr)CC(C(=O)[O-])C1. The Morgan fingerprint density at radius 2 is 1.37 bits per heavy atom. The van der Waals surface area contributed by atoms with E-state index >= 15 is 0 Å². The molecular formula is C11H13Br2O6-. The van der Waals surface area contributed by atoms with E-state index in [1.54, 1.807) is 0 Å². The number of carbonyl (C=O) groups is 3. The largest absolute Gasteiger partial charge is 0.550 e. The number of hydrogen-bond donors (Lipinski definition) is 0. The summed E-state index contributed by atoms with van der Waals surface area (Å²) < 4.78 is 10.2. The molecule has 8 heteroatoms. The Hall–Kier alpha value is -0.630. The third kappa shape index (κ3) is 5.48. The third-order valence-electron chi connectivity index (χ3n) is 2.77. The fourth-order valence-electron chi connectivity index (χ4n) is 2.04. The van der Waals surface area contributed by atoms with Crippen molar-refractivity contribution in [2.24, 2.45) is 5.92 Å². The van der Waals surface area contributed by atoms with Gasteiger partial charge >= 0.3 is 11.9 Å². The van der Waals surface area contributed by atoms with Crippen molar-refractivity contribution in [3.8, 4) is 0 Å². The summed E-state index contributed by atoms with van der Waals surface area (Å²) in [5, 5.41) is 11.0. The second-order valence-electron chi connectivity index (χ2n) is 4.21. The van der Waals surface area contributed by atoms with Crippen LogP contribution in [0.4, 0.5) is 0 Å². The maximum absolute atomic E-state index is 11.2. The van der Waals surface area contributed by atoms with Gasteiger partial charge in [-0.15, -0.1) is 0 Å². The highest BCUT2D eigenvalue weighted by molar-refractivity contribution is 9.09. The standard InChI is InChI=1S/C11H14Br2O6/c12-4-9(14)18-7-1-6(11(16)17)2-8(3-7)19-10(15)5-13/h6-8H,1-5H2,(H,16,17)/p-1. The van der Waals surface area contributed by atoms with Gasteiger partial charge in [0, 0.05) is 18.3 Å². The number of rotatable bonds is 5. The molecular weight excluding hydrogens is 388 g/mol. The van der Waals surface area contributed by atoms with Gasteiger partial charge in [-0.1, -0.05) is 31.9 Å². The summed E-state index contributed by atoms with van der Waals surface area (Å²) in [7, 11) is 0. The van der Waals surface area contributed by atoms with Gasteiger partial charge in [-0.05, 0) is 12.8 Å². The molecule has 0 bridgehead atoms. The minimum Gasteiger partial charge on any atom is -0.550 e. The highest BCUT2D eigenvalue weighted by Gasteiger charge is 2.33. The number of carboxylic acid groups (broad SMARTS) is 1. The topological polar surface area (TPSA) is 92.7 Å². The van der Waals surface area contributed by atoms with Crippen LogP contribution in [0.25, 0.3) is 0 Å². The normalized spacial score (nSPS) is 26.5. The van der Waals surface area contributed by atoms with Crippen molar-refractivity contribution in [2.45, 2.75) is 31.5 Å². The van der Waals surface area contributed by atoms with Crippen LogP contribution in [0.2, 0.25) is 0 Å². The molecule has 1 fully saturated rings. The van der Waals surface area contributed by atoms with E-state index in [2.05, 4.69) is 31.9 Å². The lowest BCUT2D eigenvalue weighted by atomic mass is 9.85. The average Bonchev–Trinajstić information content (AvgIpc) is 2.37. The summed E-state index contributed by atoms with van der Waals surface area (Å²) >= 11 is 5.91. The molecule has 0 aromatic carbocycles. The van der Waals surface area contributed by atoms with E-state index in [4.69, 9.17) is 9.47 Å². The molecule has 0 spiro atoms. The van der Waals surface area contributed by atoms with E-state index in [1.165, 1.54) is 0 Å². The summed E-state index contributed by atoms with van der Waals surface area (Å²) in [6.45, 7) is 0. The molecule has 0 N–H and O–H groups in total. The molecule has 19 heavy (non-hydrogen) atoms. The first-order chi connectivity index (χ1) is 8.96. The van der Waals surface area contributed by atoms with Crippen LogP contribution in [0.5, 0.6) is 0 Å². The zero-order chi connectivity index (χ0) is 14.4. The van der Waals surface area contributed by atoms with E-state index in [9.17, 15) is 19.5 Å². The Bertz CT molecular complexity index is 333. The van der Waals surface area contributed by atoms with Crippen LogP contribution in [0.15, 0.2) is 0 Å². The lowest BCUT2D eigenvalue weighted by Gasteiger charge is -2.34. The first-order valence-corrected chi connectivity index (χ1v) is 7.92. The van der Waals surface area contributed by atoms with E-state index in [0.717, 1.165) is 0 Å². The number of hydrogen-bond acceptors (Lipinski definition) is 6. The Morgan fingerprint density at radius 3 is 1.68 bits per heavy atom. The molecule has 0 heterocycles. The summed E-state index contributed by atoms with van der Waals surface area (Å²) in [5.74, 6) is -2.96. The Kier molecular flexibility index (Phi) is 6.78. The number of halogens is 2. The molecule has 1 aliphatic carbocycles. The predicted octanol–water partition coefficient (Wildman–Crippen LogP) is 0.150. The summed E-state index contributed by atoms with van der Waals surface area (Å²) in [6, 6.07) is 0. The van der Waals surface area contributed by atoms with Gasteiger partial charge in [0.25, 0.3) is 0 Å². The maximum Gasteiger partial charge on any atom is 0.316 e. The Morgan fingerprint density at radius 1 is 0.947 bits per heavy atom. The third-order valence-corrected chi connectivity index (χ3v) is 3.68. The number of alkyl halides is 2. The molecule has 0 aromatic heterocycles. The van der Waals surface area contributed by atoms with Crippen LogP contribution in [0.3, 0.4) is 0 Å². The summed E-state index contributed by atoms with van der Waals surface area (Å²) in [4.78, 5) is 33.3. The van der Waals surface area contributed by atoms with Gasteiger partial charge in [0.1, 0.15) is 22.9 Å². The predicted molar refractivity (Wildman–Crippen MR) is 69.7 cm³/mol. The van der Waals surface area contributed by atoms with E-state index < -0.39 is 36.0 Å². The highest BCUT2D eigenvalue weighted by Crippen LogP contribution is 2.29. The lowest BCUT2D eigenvalue weighted by molar-refractivity contribution is -0.314. The molecule has 1 rings (SSSR count). The molecule has 0 amide bonds. The maximum atomic E-state index is 11.2. The van der Waals surface area contributed by atoms with Crippen LogP contribution >= 0.6 is 31.9 Å². The first-order valence-electron chi connectivity index (χ1n) is 5.68. The fraction of sp³-hybridized carbons (Fsp3) is 0.727. The minimum atomic E-state index is -1.22. The smallest absolute Gasteiger partial charge is 0.316 e. The van der Waals surface area contributed by atoms with Gasteiger partial charge in [-0.25, -0.2) is 0 Å². The summed E-state index contributed by atoms with van der Waals surface area (Å²) in [6.07, 6.45) is -0.474. The van der Waals surface area contributed by atoms with E-state index in [-0.39, 0.29) is 23.5 Å². The molecule has 2 atom stereocenters. The Balaban J connectivity index is 2.64. The van der Waals surface area contributed by atoms with Crippen LogP contribution in [-0.2, 0) is 23.9 Å². The molecule has 0 aromatic rings. The average molecular weight is 401 g/mol. The van der Waals surface area contributed by atoms with Gasteiger partial charge in [0.2, 0.25) is 0 Å². The second kappa shape index (κ2) is 7.84. The molecule has 0 saturated heterocycles. The van der Waals surface area contributed by atoms with Gasteiger partial charge in [-0.3, -0.25) is 9.59 Å². The second-order valence-corrected chi connectivity index (χ2v) is 5.34. The van der Waals surface area contributed by atoms with Gasteiger partial charge < -0.3 is 19.4 Å². The van der Waals surface area contributed by atoms with Crippen molar-refractivity contribution in [1.82, 2.24) is 0 Å². The van der Waals surface area contributed by atoms with Crippen LogP contribution in [0.1, 0.15) is 19.3 Å². The molecule has 108 valence electrons. The van der Waals surface area contributed by atoms with Crippen molar-refractivity contribution in [3.63, 3.8) is 0 Å². The molecule has 0 aliphatic heterocycles. The van der Waals surface area contributed by atoms with Gasteiger partial charge in [-0.2, -0.15) is 0 Å². The Labute approximate surface area is 127 Å². The molecule has 0 radical (unpaired) electrons. The quantitative estimate of drug-likeness (QED) is 0.481. The highest BCUT2D eigenvalue weighted by atomic mass is 79.9. The van der Waals surface area contributed by atoms with Crippen molar-refractivity contribution < 1.29 is 29.0 Å². The number of carbonyl (C=O) groups excluding carboxylic acids is 3. The first kappa shape index (κ1) is 16.4. The number of carboxylic acids is 1. The molecule has 1 aliphatic rings. The molecule has 1 saturated carbocycles. The van der Waals surface area contributed by atoms with Crippen molar-refractivity contribution >= 4 is 49.8 Å². The number of aliphatic carboxylic acids is 1. The van der Waals surface area contributed by atoms with Crippen LogP contribution < -0.4 is 5.11 Å². The van der Waals surface area contributed by atoms with E-state index in [1.807, 2.05) is 0 Å². The van der Waals surface area contributed by atoms with Crippen LogP contribution in [-0.4, -0.2) is 40.8 Å². The zero-order valence-corrected chi connectivity index (χ0v) is 13.1. The van der Waals surface area contributed by atoms with Crippen LogP contribution in [0, 0.1) is 5.92 Å². The zero-order valence-electron chi connectivity index (χ0n) is 9.97. The van der Waals surface area contributed by atoms with Crippen molar-refractivity contribution in [2.75, 3.05) is 10.7 Å². The number of ether oxygens (including phenoxy) is 2. The minimum absolute atomic E-state index is 0.0331. The fourth-order valence-corrected chi connectivity index (χ4v) is 2.30. The molecule has 2 unspecified atom stereocenters. The monoisotopic (exact) mass is 399 g/mol. The number of esters is 2. The lowest BCUT2D eigenvalue weighted by Crippen LogP contribution is -2.43. The van der Waals surface area contributed by atoms with E-state index in [0.29, 0.717) is 6.42 Å².